The first-order valence-corrected chi connectivity index (χ1v) is 6.75. The molecule has 0 aliphatic heterocycles. The Hall–Kier alpha value is -0.193. The van der Waals surface area contributed by atoms with Gasteiger partial charge in [-0.05, 0) is 19.0 Å². The van der Waals surface area contributed by atoms with Gasteiger partial charge in [0, 0.05) is 20.6 Å². The van der Waals surface area contributed by atoms with E-state index in [1.54, 1.807) is 14.2 Å². The van der Waals surface area contributed by atoms with E-state index in [4.69, 9.17) is 8.85 Å². The third kappa shape index (κ3) is 4.64. The minimum Gasteiger partial charge on any atom is -0.398 e. The van der Waals surface area contributed by atoms with Crippen LogP contribution >= 0.6 is 0 Å². The minimum absolute atomic E-state index is 0.651. The van der Waals surface area contributed by atoms with Crippen LogP contribution in [0.2, 0.25) is 12.6 Å². The number of carbonyl (C=O) groups is 1. The SMILES string of the molecule is CO[Si](C)(CCCCC=O)OC. The van der Waals surface area contributed by atoms with E-state index < -0.39 is 8.56 Å². The van der Waals surface area contributed by atoms with Crippen LogP contribution < -0.4 is 0 Å². The summed E-state index contributed by atoms with van der Waals surface area (Å²) in [7, 11) is 1.52. The summed E-state index contributed by atoms with van der Waals surface area (Å²) in [6, 6.07) is 0.966. The molecule has 0 amide bonds. The van der Waals surface area contributed by atoms with Crippen molar-refractivity contribution in [3.8, 4) is 0 Å². The van der Waals surface area contributed by atoms with Gasteiger partial charge in [-0.15, -0.1) is 0 Å². The van der Waals surface area contributed by atoms with Crippen molar-refractivity contribution in [2.45, 2.75) is 31.9 Å². The molecule has 0 spiro atoms. The number of hydrogen-bond donors (Lipinski definition) is 0. The summed E-state index contributed by atoms with van der Waals surface area (Å²) < 4.78 is 10.6. The van der Waals surface area contributed by atoms with Crippen molar-refractivity contribution in [3.63, 3.8) is 0 Å². The Balaban J connectivity index is 3.51. The lowest BCUT2D eigenvalue weighted by Crippen LogP contribution is -2.35. The fourth-order valence-electron chi connectivity index (χ4n) is 0.961. The Bertz CT molecular complexity index is 123. The molecule has 0 atom stereocenters. The van der Waals surface area contributed by atoms with Crippen LogP contribution in [0.15, 0.2) is 0 Å². The highest BCUT2D eigenvalue weighted by atomic mass is 28.4. The molecule has 0 heterocycles. The van der Waals surface area contributed by atoms with Gasteiger partial charge in [0.2, 0.25) is 0 Å². The Morgan fingerprint density at radius 3 is 2.25 bits per heavy atom. The second-order valence-corrected chi connectivity index (χ2v) is 6.54. The first-order chi connectivity index (χ1) is 5.68. The quantitative estimate of drug-likeness (QED) is 0.348. The van der Waals surface area contributed by atoms with Crippen molar-refractivity contribution in [1.29, 1.82) is 0 Å². The summed E-state index contributed by atoms with van der Waals surface area (Å²) in [5, 5.41) is 0. The molecular weight excluding hydrogens is 172 g/mol. The molecule has 0 aromatic carbocycles. The zero-order chi connectivity index (χ0) is 9.45. The maximum atomic E-state index is 10.0. The van der Waals surface area contributed by atoms with Crippen LogP contribution in [0.25, 0.3) is 0 Å². The first kappa shape index (κ1) is 11.8. The Morgan fingerprint density at radius 2 is 1.83 bits per heavy atom. The van der Waals surface area contributed by atoms with Crippen molar-refractivity contribution in [2.75, 3.05) is 14.2 Å². The van der Waals surface area contributed by atoms with Gasteiger partial charge in [0.1, 0.15) is 6.29 Å². The van der Waals surface area contributed by atoms with Gasteiger partial charge >= 0.3 is 8.56 Å². The molecule has 0 aliphatic carbocycles. The van der Waals surface area contributed by atoms with Crippen molar-refractivity contribution >= 4 is 14.8 Å². The van der Waals surface area contributed by atoms with Gasteiger partial charge in [-0.1, -0.05) is 6.42 Å². The average molecular weight is 190 g/mol. The molecule has 0 bridgehead atoms. The Morgan fingerprint density at radius 1 is 1.25 bits per heavy atom. The van der Waals surface area contributed by atoms with Crippen molar-refractivity contribution in [2.24, 2.45) is 0 Å². The molecule has 0 unspecified atom stereocenters. The highest BCUT2D eigenvalue weighted by Gasteiger charge is 2.27. The van der Waals surface area contributed by atoms with Crippen molar-refractivity contribution in [3.05, 3.63) is 0 Å². The molecule has 0 N–H and O–H groups in total. The van der Waals surface area contributed by atoms with Crippen LogP contribution in [0.4, 0.5) is 0 Å². The standard InChI is InChI=1S/C8H18O3Si/c1-10-12(3,11-2)8-6-4-5-7-9/h7H,4-6,8H2,1-3H3. The molecule has 0 aromatic rings. The fourth-order valence-corrected chi connectivity index (χ4v) is 2.43. The fraction of sp³-hybridized carbons (Fsp3) is 0.875. The number of hydrogen-bond acceptors (Lipinski definition) is 3. The van der Waals surface area contributed by atoms with Crippen LogP contribution in [0, 0.1) is 0 Å². The van der Waals surface area contributed by atoms with Gasteiger partial charge in [-0.2, -0.15) is 0 Å². The van der Waals surface area contributed by atoms with Gasteiger partial charge < -0.3 is 13.6 Å². The monoisotopic (exact) mass is 190 g/mol. The van der Waals surface area contributed by atoms with Gasteiger partial charge in [0.15, 0.2) is 0 Å². The molecule has 0 rings (SSSR count). The van der Waals surface area contributed by atoms with E-state index in [2.05, 4.69) is 0 Å². The highest BCUT2D eigenvalue weighted by molar-refractivity contribution is 6.65. The third-order valence-electron chi connectivity index (χ3n) is 2.07. The Labute approximate surface area is 75.3 Å². The van der Waals surface area contributed by atoms with Gasteiger partial charge in [-0.25, -0.2) is 0 Å². The van der Waals surface area contributed by atoms with Crippen molar-refractivity contribution < 1.29 is 13.6 Å². The van der Waals surface area contributed by atoms with Crippen molar-refractivity contribution in [1.82, 2.24) is 0 Å². The molecule has 0 aromatic heterocycles. The molecule has 4 heteroatoms. The molecule has 3 nitrogen and oxygen atoms in total. The molecule has 0 fully saturated rings. The lowest BCUT2D eigenvalue weighted by Gasteiger charge is -2.22. The number of aldehydes is 1. The van der Waals surface area contributed by atoms with Crippen LogP contribution in [0.1, 0.15) is 19.3 Å². The molecular formula is C8H18O3Si. The molecule has 0 saturated carbocycles. The molecule has 72 valence electrons. The predicted octanol–water partition coefficient (Wildman–Crippen LogP) is 1.72. The van der Waals surface area contributed by atoms with E-state index in [1.807, 2.05) is 6.55 Å². The smallest absolute Gasteiger partial charge is 0.334 e. The summed E-state index contributed by atoms with van der Waals surface area (Å²) in [5.41, 5.74) is 0. The summed E-state index contributed by atoms with van der Waals surface area (Å²) in [6.45, 7) is 2.04. The van der Waals surface area contributed by atoms with E-state index in [0.717, 1.165) is 25.2 Å². The van der Waals surface area contributed by atoms with Gasteiger partial charge in [0.25, 0.3) is 0 Å². The second-order valence-electron chi connectivity index (χ2n) is 2.95. The topological polar surface area (TPSA) is 35.5 Å². The zero-order valence-corrected chi connectivity index (χ0v) is 9.13. The normalized spacial score (nSPS) is 11.6. The lowest BCUT2D eigenvalue weighted by atomic mass is 10.3. The molecule has 0 saturated heterocycles. The summed E-state index contributed by atoms with van der Waals surface area (Å²) in [5.74, 6) is 0. The molecule has 0 aliphatic rings. The van der Waals surface area contributed by atoms with Gasteiger partial charge in [0.05, 0.1) is 0 Å². The van der Waals surface area contributed by atoms with E-state index in [9.17, 15) is 4.79 Å². The summed E-state index contributed by atoms with van der Waals surface area (Å²) >= 11 is 0. The van der Waals surface area contributed by atoms with Crippen LogP contribution in [0.3, 0.4) is 0 Å². The maximum Gasteiger partial charge on any atom is 0.334 e. The molecule has 12 heavy (non-hydrogen) atoms. The van der Waals surface area contributed by atoms with Crippen LogP contribution in [0.5, 0.6) is 0 Å². The third-order valence-corrected chi connectivity index (χ3v) is 5.06. The van der Waals surface area contributed by atoms with Crippen LogP contribution in [-0.2, 0) is 13.6 Å². The average Bonchev–Trinajstić information content (AvgIpc) is 2.12. The summed E-state index contributed by atoms with van der Waals surface area (Å²) in [4.78, 5) is 10.0. The number of unbranched alkanes of at least 4 members (excludes halogenated alkanes) is 2. The highest BCUT2D eigenvalue weighted by Crippen LogP contribution is 2.15. The molecule has 0 radical (unpaired) electrons. The predicted molar refractivity (Wildman–Crippen MR) is 50.4 cm³/mol. The number of rotatable bonds is 7. The maximum absolute atomic E-state index is 10.0. The number of carbonyl (C=O) groups excluding carboxylic acids is 1. The van der Waals surface area contributed by atoms with Crippen LogP contribution in [-0.4, -0.2) is 29.1 Å². The Kier molecular flexibility index (Phi) is 6.23. The summed E-state index contributed by atoms with van der Waals surface area (Å²) in [6.07, 6.45) is 3.57. The zero-order valence-electron chi connectivity index (χ0n) is 8.13. The van der Waals surface area contributed by atoms with E-state index >= 15 is 0 Å². The lowest BCUT2D eigenvalue weighted by molar-refractivity contribution is -0.107. The second kappa shape index (κ2) is 6.34. The van der Waals surface area contributed by atoms with E-state index in [-0.39, 0.29) is 0 Å². The minimum atomic E-state index is -1.86. The largest absolute Gasteiger partial charge is 0.398 e. The van der Waals surface area contributed by atoms with E-state index in [0.29, 0.717) is 6.42 Å². The van der Waals surface area contributed by atoms with E-state index in [1.165, 1.54) is 0 Å². The first-order valence-electron chi connectivity index (χ1n) is 4.22. The van der Waals surface area contributed by atoms with Gasteiger partial charge in [-0.3, -0.25) is 0 Å².